The Hall–Kier alpha value is -4.76. The SMILES string of the molecule is NC(=O)CCCCCCC/C=C\CCCCCCCCC1(C(=O)O)CC(CCCCCCCC/C=C\CCCCCCCC(N)=O)(C(=O)O)C(CCCC(N)=O)(C(=O)O)CC1(CCCC(N)=O)C(=O)O. The van der Waals surface area contributed by atoms with Crippen LogP contribution in [0.3, 0.4) is 0 Å². The van der Waals surface area contributed by atoms with Crippen LogP contribution < -0.4 is 22.9 Å². The molecule has 1 fully saturated rings. The molecule has 12 N–H and O–H groups in total. The molecule has 4 unspecified atom stereocenters. The Morgan fingerprint density at radius 2 is 0.471 bits per heavy atom. The van der Waals surface area contributed by atoms with Crippen molar-refractivity contribution in [3.05, 3.63) is 24.3 Å². The van der Waals surface area contributed by atoms with E-state index in [9.17, 15) is 58.8 Å². The molecule has 0 saturated heterocycles. The van der Waals surface area contributed by atoms with E-state index in [1.807, 2.05) is 0 Å². The summed E-state index contributed by atoms with van der Waals surface area (Å²) in [6, 6.07) is 0. The van der Waals surface area contributed by atoms with Gasteiger partial charge in [-0.3, -0.25) is 38.4 Å². The van der Waals surface area contributed by atoms with E-state index in [0.29, 0.717) is 25.7 Å². The highest BCUT2D eigenvalue weighted by Gasteiger charge is 2.76. The zero-order chi connectivity index (χ0) is 52.3. The molecule has 400 valence electrons. The molecule has 16 heteroatoms. The maximum absolute atomic E-state index is 13.9. The molecule has 0 aromatic rings. The second-order valence-corrected chi connectivity index (χ2v) is 20.4. The van der Waals surface area contributed by atoms with Crippen LogP contribution in [0.5, 0.6) is 0 Å². The fourth-order valence-electron chi connectivity index (χ4n) is 11.1. The Bertz CT molecular complexity index is 1570. The maximum Gasteiger partial charge on any atom is 0.310 e. The lowest BCUT2D eigenvalue weighted by Gasteiger charge is -2.61. The third-order valence-electron chi connectivity index (χ3n) is 15.1. The van der Waals surface area contributed by atoms with Crippen molar-refractivity contribution < 1.29 is 58.8 Å². The molecule has 0 aromatic heterocycles. The van der Waals surface area contributed by atoms with Gasteiger partial charge in [-0.15, -0.1) is 0 Å². The standard InChI is InChI=1S/C54H92N4O12/c55-43(59)33-27-23-19-15-11-7-3-1-5-9-13-17-21-25-29-37-51(47(63)64)41-52(48(65)66,38-30-26-22-18-14-10-6-2-4-8-12-16-20-24-28-34-44(56)60)54(50(69)70,40-32-36-46(58)62)42-53(51,49(67)68)39-31-35-45(57)61/h1-4H,5-42H2,(H2,55,59)(H2,56,60)(H2,57,61)(H2,58,62)(H,63,64)(H,65,66)(H,67,68)(H,69,70)/b3-1-,4-2-. The topological polar surface area (TPSA) is 322 Å². The Labute approximate surface area is 418 Å². The fraction of sp³-hybridized carbons (Fsp3) is 0.778. The van der Waals surface area contributed by atoms with Crippen LogP contribution in [0.1, 0.15) is 244 Å². The minimum absolute atomic E-state index is 0.142. The Balaban J connectivity index is 3.18. The van der Waals surface area contributed by atoms with E-state index in [1.165, 1.54) is 0 Å². The molecule has 0 spiro atoms. The van der Waals surface area contributed by atoms with Crippen LogP contribution in [0.25, 0.3) is 0 Å². The number of carboxylic acids is 4. The summed E-state index contributed by atoms with van der Waals surface area (Å²) in [7, 11) is 0. The monoisotopic (exact) mass is 989 g/mol. The number of amides is 4. The molecule has 16 nitrogen and oxygen atoms in total. The molecule has 0 aromatic carbocycles. The van der Waals surface area contributed by atoms with Crippen LogP contribution in [-0.2, 0) is 38.4 Å². The second-order valence-electron chi connectivity index (χ2n) is 20.4. The first-order chi connectivity index (χ1) is 33.4. The van der Waals surface area contributed by atoms with Crippen molar-refractivity contribution in [2.24, 2.45) is 44.6 Å². The van der Waals surface area contributed by atoms with Crippen molar-refractivity contribution in [2.75, 3.05) is 0 Å². The number of allylic oxidation sites excluding steroid dienone is 4. The van der Waals surface area contributed by atoms with Gasteiger partial charge in [-0.05, 0) is 116 Å². The molecule has 0 radical (unpaired) electrons. The third kappa shape index (κ3) is 22.1. The summed E-state index contributed by atoms with van der Waals surface area (Å²) in [5, 5.41) is 45.1. The van der Waals surface area contributed by atoms with Crippen molar-refractivity contribution in [3.8, 4) is 0 Å². The number of carbonyl (C=O) groups is 8. The number of hydrogen-bond donors (Lipinski definition) is 8. The van der Waals surface area contributed by atoms with Crippen LogP contribution in [0.15, 0.2) is 24.3 Å². The van der Waals surface area contributed by atoms with Gasteiger partial charge in [0.15, 0.2) is 0 Å². The van der Waals surface area contributed by atoms with Crippen molar-refractivity contribution in [2.45, 2.75) is 244 Å². The van der Waals surface area contributed by atoms with Gasteiger partial charge in [0.05, 0.1) is 21.7 Å². The molecule has 0 bridgehead atoms. The normalized spacial score (nSPS) is 21.3. The van der Waals surface area contributed by atoms with Crippen molar-refractivity contribution in [3.63, 3.8) is 0 Å². The van der Waals surface area contributed by atoms with Crippen LogP contribution in [0.4, 0.5) is 0 Å². The smallest absolute Gasteiger partial charge is 0.310 e. The molecule has 1 saturated carbocycles. The number of carbonyl (C=O) groups excluding carboxylic acids is 4. The van der Waals surface area contributed by atoms with Gasteiger partial charge in [0.25, 0.3) is 0 Å². The zero-order valence-corrected chi connectivity index (χ0v) is 42.5. The summed E-state index contributed by atoms with van der Waals surface area (Å²) in [6.07, 6.45) is 28.8. The predicted molar refractivity (Wildman–Crippen MR) is 271 cm³/mol. The Kier molecular flexibility index (Phi) is 32.0. The number of unbranched alkanes of at least 4 members (excludes halogenated alkanes) is 22. The first-order valence-electron chi connectivity index (χ1n) is 26.7. The predicted octanol–water partition coefficient (Wildman–Crippen LogP) is 10.2. The van der Waals surface area contributed by atoms with E-state index in [-0.39, 0.29) is 63.2 Å². The molecule has 1 rings (SSSR count). The number of nitrogens with two attached hydrogens (primary N) is 4. The highest BCUT2D eigenvalue weighted by molar-refractivity contribution is 5.94. The van der Waals surface area contributed by atoms with Gasteiger partial charge >= 0.3 is 23.9 Å². The van der Waals surface area contributed by atoms with Crippen LogP contribution in [0, 0.1) is 21.7 Å². The van der Waals surface area contributed by atoms with Gasteiger partial charge in [0, 0.05) is 25.7 Å². The molecule has 70 heavy (non-hydrogen) atoms. The van der Waals surface area contributed by atoms with Gasteiger partial charge in [-0.2, -0.15) is 0 Å². The summed E-state index contributed by atoms with van der Waals surface area (Å²) in [5.41, 5.74) is 12.3. The van der Waals surface area contributed by atoms with Gasteiger partial charge in [0.1, 0.15) is 0 Å². The number of primary amides is 4. The highest BCUT2D eigenvalue weighted by atomic mass is 16.4. The summed E-state index contributed by atoms with van der Waals surface area (Å²) >= 11 is 0. The maximum atomic E-state index is 13.9. The van der Waals surface area contributed by atoms with E-state index in [4.69, 9.17) is 22.9 Å². The van der Waals surface area contributed by atoms with Crippen molar-refractivity contribution in [1.82, 2.24) is 0 Å². The molecule has 1 aliphatic rings. The summed E-state index contributed by atoms with van der Waals surface area (Å²) < 4.78 is 0. The lowest BCUT2D eigenvalue weighted by Crippen LogP contribution is -2.68. The summed E-state index contributed by atoms with van der Waals surface area (Å²) in [6.45, 7) is 0. The Morgan fingerprint density at radius 3 is 0.700 bits per heavy atom. The molecule has 0 aliphatic heterocycles. The van der Waals surface area contributed by atoms with E-state index < -0.39 is 83.0 Å². The number of carboxylic acid groups (broad SMARTS) is 4. The van der Waals surface area contributed by atoms with Crippen LogP contribution in [0.2, 0.25) is 0 Å². The minimum Gasteiger partial charge on any atom is -0.481 e. The lowest BCUT2D eigenvalue weighted by molar-refractivity contribution is -0.224. The largest absolute Gasteiger partial charge is 0.481 e. The molecule has 1 aliphatic carbocycles. The second kappa shape index (κ2) is 35.4. The van der Waals surface area contributed by atoms with Crippen LogP contribution in [-0.4, -0.2) is 67.9 Å². The summed E-state index contributed by atoms with van der Waals surface area (Å²) in [4.78, 5) is 101. The average molecular weight is 989 g/mol. The van der Waals surface area contributed by atoms with Crippen molar-refractivity contribution >= 4 is 47.5 Å². The number of rotatable bonds is 46. The molecule has 0 heterocycles. The molecular formula is C54H92N4O12. The Morgan fingerprint density at radius 1 is 0.286 bits per heavy atom. The quantitative estimate of drug-likeness (QED) is 0.0209. The summed E-state index contributed by atoms with van der Waals surface area (Å²) in [5.74, 6) is -8.12. The van der Waals surface area contributed by atoms with E-state index >= 15 is 0 Å². The molecule has 4 amide bonds. The van der Waals surface area contributed by atoms with E-state index in [1.54, 1.807) is 0 Å². The van der Waals surface area contributed by atoms with Crippen molar-refractivity contribution in [1.29, 1.82) is 0 Å². The minimum atomic E-state index is -2.28. The highest BCUT2D eigenvalue weighted by Crippen LogP contribution is 2.70. The number of hydrogen-bond acceptors (Lipinski definition) is 8. The van der Waals surface area contributed by atoms with E-state index in [0.717, 1.165) is 141 Å². The zero-order valence-electron chi connectivity index (χ0n) is 42.5. The number of aliphatic carboxylic acids is 4. The lowest BCUT2D eigenvalue weighted by atomic mass is 9.38. The molecular weight excluding hydrogens is 897 g/mol. The van der Waals surface area contributed by atoms with Gasteiger partial charge in [0.2, 0.25) is 23.6 Å². The van der Waals surface area contributed by atoms with Gasteiger partial charge in [-0.1, -0.05) is 127 Å². The fourth-order valence-corrected chi connectivity index (χ4v) is 11.1. The first kappa shape index (κ1) is 63.3. The van der Waals surface area contributed by atoms with Crippen LogP contribution >= 0.6 is 0 Å². The third-order valence-corrected chi connectivity index (χ3v) is 15.1. The molecule has 4 atom stereocenters. The van der Waals surface area contributed by atoms with E-state index in [2.05, 4.69) is 24.3 Å². The van der Waals surface area contributed by atoms with Gasteiger partial charge in [-0.25, -0.2) is 0 Å². The van der Waals surface area contributed by atoms with Gasteiger partial charge < -0.3 is 43.4 Å². The first-order valence-corrected chi connectivity index (χ1v) is 26.7. The average Bonchev–Trinajstić information content (AvgIpc) is 3.28.